The van der Waals surface area contributed by atoms with Crippen LogP contribution in [0.2, 0.25) is 0 Å². The largest absolute Gasteiger partial charge is 0.299 e. The molecular formula is C14H16OS. The van der Waals surface area contributed by atoms with Crippen molar-refractivity contribution in [3.8, 4) is 0 Å². The first-order chi connectivity index (χ1) is 7.75. The third-order valence-corrected chi connectivity index (χ3v) is 4.05. The zero-order valence-electron chi connectivity index (χ0n) is 9.53. The summed E-state index contributed by atoms with van der Waals surface area (Å²) in [6.07, 6.45) is 2.38. The molecule has 0 N–H and O–H groups in total. The van der Waals surface area contributed by atoms with Gasteiger partial charge in [0.15, 0.2) is 0 Å². The van der Waals surface area contributed by atoms with Crippen molar-refractivity contribution in [3.63, 3.8) is 0 Å². The zero-order chi connectivity index (χ0) is 11.4. The molecule has 0 saturated heterocycles. The standard InChI is InChI=1S/C14H16OS/c1-11-7-8-13(15)9-12(11)10-16-14-5-3-2-4-6-14/h2-6H,7-10H2,1H3. The van der Waals surface area contributed by atoms with Crippen molar-refractivity contribution < 1.29 is 4.79 Å². The Balaban J connectivity index is 1.97. The normalized spacial score (nSPS) is 16.7. The van der Waals surface area contributed by atoms with Crippen molar-refractivity contribution >= 4 is 17.5 Å². The molecule has 1 aromatic rings. The highest BCUT2D eigenvalue weighted by Gasteiger charge is 2.15. The summed E-state index contributed by atoms with van der Waals surface area (Å²) in [5.74, 6) is 1.36. The summed E-state index contributed by atoms with van der Waals surface area (Å²) in [7, 11) is 0. The van der Waals surface area contributed by atoms with E-state index >= 15 is 0 Å². The first-order valence-electron chi connectivity index (χ1n) is 5.63. The lowest BCUT2D eigenvalue weighted by molar-refractivity contribution is -0.118. The molecule has 1 aliphatic rings. The molecule has 0 bridgehead atoms. The molecule has 0 atom stereocenters. The number of hydrogen-bond donors (Lipinski definition) is 0. The van der Waals surface area contributed by atoms with Gasteiger partial charge in [0.25, 0.3) is 0 Å². The maximum Gasteiger partial charge on any atom is 0.137 e. The first-order valence-corrected chi connectivity index (χ1v) is 6.61. The summed E-state index contributed by atoms with van der Waals surface area (Å²) in [5, 5.41) is 0. The molecule has 0 aliphatic heterocycles. The average molecular weight is 232 g/mol. The second-order valence-corrected chi connectivity index (χ2v) is 5.25. The van der Waals surface area contributed by atoms with E-state index < -0.39 is 0 Å². The molecule has 0 spiro atoms. The van der Waals surface area contributed by atoms with E-state index in [-0.39, 0.29) is 0 Å². The fourth-order valence-electron chi connectivity index (χ4n) is 1.84. The third kappa shape index (κ3) is 2.99. The second-order valence-electron chi connectivity index (χ2n) is 4.20. The maximum atomic E-state index is 11.4. The number of ketones is 1. The number of hydrogen-bond acceptors (Lipinski definition) is 2. The van der Waals surface area contributed by atoms with E-state index in [2.05, 4.69) is 31.2 Å². The van der Waals surface area contributed by atoms with Crippen LogP contribution in [0.3, 0.4) is 0 Å². The average Bonchev–Trinajstić information content (AvgIpc) is 2.32. The number of allylic oxidation sites excluding steroid dienone is 1. The molecule has 2 rings (SSSR count). The monoisotopic (exact) mass is 232 g/mol. The van der Waals surface area contributed by atoms with Gasteiger partial charge < -0.3 is 0 Å². The molecular weight excluding hydrogens is 216 g/mol. The van der Waals surface area contributed by atoms with E-state index in [4.69, 9.17) is 0 Å². The Morgan fingerprint density at radius 1 is 1.19 bits per heavy atom. The smallest absolute Gasteiger partial charge is 0.137 e. The van der Waals surface area contributed by atoms with Gasteiger partial charge in [-0.15, -0.1) is 11.8 Å². The predicted molar refractivity (Wildman–Crippen MR) is 68.7 cm³/mol. The highest BCUT2D eigenvalue weighted by atomic mass is 32.2. The molecule has 1 nitrogen and oxygen atoms in total. The van der Waals surface area contributed by atoms with Crippen LogP contribution in [-0.2, 0) is 4.79 Å². The Bertz CT molecular complexity index is 406. The van der Waals surface area contributed by atoms with Crippen LogP contribution in [0.15, 0.2) is 46.4 Å². The molecule has 2 heteroatoms. The summed E-state index contributed by atoms with van der Waals surface area (Å²) >= 11 is 1.82. The topological polar surface area (TPSA) is 17.1 Å². The number of carbonyl (C=O) groups excluding carboxylic acids is 1. The zero-order valence-corrected chi connectivity index (χ0v) is 10.3. The van der Waals surface area contributed by atoms with Crippen molar-refractivity contribution in [1.29, 1.82) is 0 Å². The molecule has 84 valence electrons. The lowest BCUT2D eigenvalue weighted by Gasteiger charge is -2.16. The van der Waals surface area contributed by atoms with Gasteiger partial charge in [0.2, 0.25) is 0 Å². The first kappa shape index (κ1) is 11.5. The molecule has 1 aliphatic carbocycles. The molecule has 1 aromatic carbocycles. The number of Topliss-reactive ketones (excluding diaryl/α,β-unsaturated/α-hetero) is 1. The van der Waals surface area contributed by atoms with Crippen molar-refractivity contribution in [3.05, 3.63) is 41.5 Å². The van der Waals surface area contributed by atoms with Crippen LogP contribution in [-0.4, -0.2) is 11.5 Å². The minimum absolute atomic E-state index is 0.397. The minimum Gasteiger partial charge on any atom is -0.299 e. The van der Waals surface area contributed by atoms with Gasteiger partial charge in [-0.05, 0) is 25.5 Å². The molecule has 0 fully saturated rings. The van der Waals surface area contributed by atoms with Gasteiger partial charge in [-0.3, -0.25) is 4.79 Å². The molecule has 16 heavy (non-hydrogen) atoms. The lowest BCUT2D eigenvalue weighted by Crippen LogP contribution is -2.09. The minimum atomic E-state index is 0.397. The van der Waals surface area contributed by atoms with Crippen molar-refractivity contribution in [2.24, 2.45) is 0 Å². The molecule has 0 unspecified atom stereocenters. The van der Waals surface area contributed by atoms with Gasteiger partial charge in [0.1, 0.15) is 5.78 Å². The van der Waals surface area contributed by atoms with E-state index in [0.29, 0.717) is 12.2 Å². The maximum absolute atomic E-state index is 11.4. The van der Waals surface area contributed by atoms with Gasteiger partial charge in [0, 0.05) is 23.5 Å². The van der Waals surface area contributed by atoms with E-state index in [1.165, 1.54) is 16.0 Å². The fraction of sp³-hybridized carbons (Fsp3) is 0.357. The fourth-order valence-corrected chi connectivity index (χ4v) is 2.88. The summed E-state index contributed by atoms with van der Waals surface area (Å²) in [6.45, 7) is 2.16. The van der Waals surface area contributed by atoms with Gasteiger partial charge in [-0.25, -0.2) is 0 Å². The van der Waals surface area contributed by atoms with Crippen LogP contribution in [0.25, 0.3) is 0 Å². The van der Waals surface area contributed by atoms with Gasteiger partial charge in [-0.1, -0.05) is 29.3 Å². The molecule has 0 heterocycles. The second kappa shape index (κ2) is 5.35. The molecule has 0 saturated carbocycles. The van der Waals surface area contributed by atoms with Gasteiger partial charge in [0.05, 0.1) is 0 Å². The highest BCUT2D eigenvalue weighted by molar-refractivity contribution is 7.99. The van der Waals surface area contributed by atoms with Crippen molar-refractivity contribution in [2.75, 3.05) is 5.75 Å². The van der Waals surface area contributed by atoms with Crippen LogP contribution in [0, 0.1) is 0 Å². The Labute approximate surface area is 101 Å². The molecule has 0 radical (unpaired) electrons. The SMILES string of the molecule is CC1=C(CSc2ccccc2)CC(=O)CC1. The molecule has 0 amide bonds. The summed E-state index contributed by atoms with van der Waals surface area (Å²) in [6, 6.07) is 10.4. The number of thioether (sulfide) groups is 1. The Kier molecular flexibility index (Phi) is 3.83. The predicted octanol–water partition coefficient (Wildman–Crippen LogP) is 3.85. The Hall–Kier alpha value is -1.02. The van der Waals surface area contributed by atoms with E-state index in [1.54, 1.807) is 0 Å². The van der Waals surface area contributed by atoms with Crippen LogP contribution in [0.5, 0.6) is 0 Å². The highest BCUT2D eigenvalue weighted by Crippen LogP contribution is 2.28. The van der Waals surface area contributed by atoms with Crippen LogP contribution in [0.1, 0.15) is 26.2 Å². The number of rotatable bonds is 3. The van der Waals surface area contributed by atoms with E-state index in [9.17, 15) is 4.79 Å². The Morgan fingerprint density at radius 2 is 1.94 bits per heavy atom. The lowest BCUT2D eigenvalue weighted by atomic mass is 9.93. The summed E-state index contributed by atoms with van der Waals surface area (Å²) in [5.41, 5.74) is 2.76. The number of benzene rings is 1. The quantitative estimate of drug-likeness (QED) is 0.581. The molecule has 0 aromatic heterocycles. The van der Waals surface area contributed by atoms with Crippen LogP contribution < -0.4 is 0 Å². The summed E-state index contributed by atoms with van der Waals surface area (Å²) < 4.78 is 0. The van der Waals surface area contributed by atoms with Crippen LogP contribution in [0.4, 0.5) is 0 Å². The van der Waals surface area contributed by atoms with Crippen LogP contribution >= 0.6 is 11.8 Å². The van der Waals surface area contributed by atoms with Crippen molar-refractivity contribution in [2.45, 2.75) is 31.1 Å². The summed E-state index contributed by atoms with van der Waals surface area (Å²) in [4.78, 5) is 12.7. The number of carbonyl (C=O) groups is 1. The van der Waals surface area contributed by atoms with Crippen molar-refractivity contribution in [1.82, 2.24) is 0 Å². The third-order valence-electron chi connectivity index (χ3n) is 2.95. The van der Waals surface area contributed by atoms with Gasteiger partial charge in [-0.2, -0.15) is 0 Å². The van der Waals surface area contributed by atoms with E-state index in [0.717, 1.165) is 18.6 Å². The van der Waals surface area contributed by atoms with E-state index in [1.807, 2.05) is 17.8 Å². The Morgan fingerprint density at radius 3 is 2.69 bits per heavy atom. The van der Waals surface area contributed by atoms with Gasteiger partial charge >= 0.3 is 0 Å².